The molecule has 4 rings (SSSR count). The van der Waals surface area contributed by atoms with E-state index < -0.39 is 0 Å². The molecule has 136 valence electrons. The number of rotatable bonds is 5. The molecule has 0 unspecified atom stereocenters. The van der Waals surface area contributed by atoms with E-state index in [1.165, 1.54) is 0 Å². The summed E-state index contributed by atoms with van der Waals surface area (Å²) in [4.78, 5) is 19.4. The molecule has 0 aliphatic carbocycles. The van der Waals surface area contributed by atoms with E-state index in [-0.39, 0.29) is 11.8 Å². The molecule has 3 aromatic rings. The van der Waals surface area contributed by atoms with Gasteiger partial charge in [-0.1, -0.05) is 0 Å². The minimum Gasteiger partial charge on any atom is -0.467 e. The number of aromatic nitrogens is 2. The lowest BCUT2D eigenvalue weighted by molar-refractivity contribution is -0.126. The Labute approximate surface area is 160 Å². The van der Waals surface area contributed by atoms with Crippen LogP contribution >= 0.6 is 15.9 Å². The molecule has 1 aliphatic heterocycles. The maximum Gasteiger partial charge on any atom is 0.223 e. The third-order valence-corrected chi connectivity index (χ3v) is 5.29. The van der Waals surface area contributed by atoms with Crippen molar-refractivity contribution < 1.29 is 9.21 Å². The summed E-state index contributed by atoms with van der Waals surface area (Å²) in [5, 5.41) is 2.97. The Morgan fingerprint density at radius 1 is 1.27 bits per heavy atom. The van der Waals surface area contributed by atoms with Crippen LogP contribution in [0.1, 0.15) is 24.3 Å². The molecule has 0 radical (unpaired) electrons. The molecule has 1 aliphatic rings. The lowest BCUT2D eigenvalue weighted by Gasteiger charge is -2.30. The van der Waals surface area contributed by atoms with E-state index >= 15 is 0 Å². The Morgan fingerprint density at radius 2 is 2.12 bits per heavy atom. The highest BCUT2D eigenvalue weighted by Gasteiger charge is 2.25. The van der Waals surface area contributed by atoms with Crippen LogP contribution in [0.4, 0.5) is 0 Å². The largest absolute Gasteiger partial charge is 0.467 e. The molecule has 1 N–H and O–H groups in total. The van der Waals surface area contributed by atoms with E-state index in [9.17, 15) is 4.79 Å². The number of fused-ring (bicyclic) bond motifs is 1. The minimum atomic E-state index is 0.0817. The third kappa shape index (κ3) is 3.99. The number of nitrogens with zero attached hydrogens (tertiary/aromatic N) is 3. The summed E-state index contributed by atoms with van der Waals surface area (Å²) in [6, 6.07) is 7.70. The first kappa shape index (κ1) is 17.3. The fourth-order valence-corrected chi connectivity index (χ4v) is 3.76. The maximum atomic E-state index is 12.3. The quantitative estimate of drug-likeness (QED) is 0.693. The van der Waals surface area contributed by atoms with Gasteiger partial charge in [-0.3, -0.25) is 9.69 Å². The summed E-state index contributed by atoms with van der Waals surface area (Å²) in [6.07, 6.45) is 7.47. The van der Waals surface area contributed by atoms with Gasteiger partial charge in [0.25, 0.3) is 0 Å². The number of amides is 1. The Hall–Kier alpha value is -2.12. The van der Waals surface area contributed by atoms with E-state index in [1.807, 2.05) is 34.9 Å². The van der Waals surface area contributed by atoms with Crippen molar-refractivity contribution in [1.82, 2.24) is 19.6 Å². The van der Waals surface area contributed by atoms with Gasteiger partial charge < -0.3 is 14.1 Å². The molecular formula is C19H21BrN4O2. The summed E-state index contributed by atoms with van der Waals surface area (Å²) in [6.45, 7) is 3.11. The van der Waals surface area contributed by atoms with Gasteiger partial charge in [0.15, 0.2) is 0 Å². The molecule has 3 aromatic heterocycles. The predicted molar refractivity (Wildman–Crippen MR) is 101 cm³/mol. The minimum absolute atomic E-state index is 0.0817. The molecule has 1 amide bonds. The second-order valence-electron chi connectivity index (χ2n) is 6.69. The summed E-state index contributed by atoms with van der Waals surface area (Å²) >= 11 is 3.48. The van der Waals surface area contributed by atoms with Crippen LogP contribution in [0.5, 0.6) is 0 Å². The Kier molecular flexibility index (Phi) is 5.08. The molecule has 0 spiro atoms. The van der Waals surface area contributed by atoms with Crippen molar-refractivity contribution in [1.29, 1.82) is 0 Å². The molecule has 6 nitrogen and oxygen atoms in total. The molecule has 1 fully saturated rings. The highest BCUT2D eigenvalue weighted by atomic mass is 79.9. The molecule has 0 saturated carbocycles. The third-order valence-electron chi connectivity index (χ3n) is 4.83. The van der Waals surface area contributed by atoms with Gasteiger partial charge in [-0.25, -0.2) is 4.98 Å². The van der Waals surface area contributed by atoms with E-state index in [0.717, 1.165) is 54.0 Å². The number of carbonyl (C=O) groups excluding carboxylic acids is 1. The number of halogens is 1. The van der Waals surface area contributed by atoms with Crippen molar-refractivity contribution in [3.63, 3.8) is 0 Å². The standard InChI is InChI=1S/C19H21BrN4O2/c20-15-3-4-18-22-16(13-24(18)11-15)12-23-7-5-14(6-8-23)19(25)21-10-17-2-1-9-26-17/h1-4,9,11,13-14H,5-8,10,12H2,(H,21,25). The van der Waals surface area contributed by atoms with Crippen LogP contribution in [0.25, 0.3) is 5.65 Å². The smallest absolute Gasteiger partial charge is 0.223 e. The van der Waals surface area contributed by atoms with Gasteiger partial charge in [0.05, 0.1) is 18.5 Å². The number of nitrogens with one attached hydrogen (secondary N) is 1. The van der Waals surface area contributed by atoms with Crippen molar-refractivity contribution in [2.24, 2.45) is 5.92 Å². The van der Waals surface area contributed by atoms with Gasteiger partial charge in [-0.15, -0.1) is 0 Å². The average molecular weight is 417 g/mol. The first-order valence-corrected chi connectivity index (χ1v) is 9.62. The summed E-state index contributed by atoms with van der Waals surface area (Å²) in [5.74, 6) is 0.992. The Balaban J connectivity index is 1.28. The van der Waals surface area contributed by atoms with Gasteiger partial charge in [0.2, 0.25) is 5.91 Å². The topological polar surface area (TPSA) is 62.8 Å². The van der Waals surface area contributed by atoms with Crippen molar-refractivity contribution in [3.8, 4) is 0 Å². The van der Waals surface area contributed by atoms with Crippen LogP contribution in [0.15, 0.2) is 51.8 Å². The number of piperidine rings is 1. The van der Waals surface area contributed by atoms with Gasteiger partial charge in [-0.05, 0) is 66.1 Å². The Morgan fingerprint density at radius 3 is 2.88 bits per heavy atom. The monoisotopic (exact) mass is 416 g/mol. The first-order chi connectivity index (χ1) is 12.7. The van der Waals surface area contributed by atoms with Crippen molar-refractivity contribution in [3.05, 3.63) is 58.8 Å². The molecule has 0 bridgehead atoms. The molecule has 1 saturated heterocycles. The van der Waals surface area contributed by atoms with E-state index in [0.29, 0.717) is 6.54 Å². The first-order valence-electron chi connectivity index (χ1n) is 8.83. The summed E-state index contributed by atoms with van der Waals surface area (Å²) in [5.41, 5.74) is 2.01. The van der Waals surface area contributed by atoms with Gasteiger partial charge in [0.1, 0.15) is 11.4 Å². The second-order valence-corrected chi connectivity index (χ2v) is 7.61. The van der Waals surface area contributed by atoms with E-state index in [4.69, 9.17) is 4.42 Å². The van der Waals surface area contributed by atoms with Crippen LogP contribution in [0.2, 0.25) is 0 Å². The van der Waals surface area contributed by atoms with Gasteiger partial charge in [0, 0.05) is 29.3 Å². The number of hydrogen-bond donors (Lipinski definition) is 1. The van der Waals surface area contributed by atoms with Crippen molar-refractivity contribution >= 4 is 27.5 Å². The summed E-state index contributed by atoms with van der Waals surface area (Å²) in [7, 11) is 0. The number of furan rings is 1. The SMILES string of the molecule is O=C(NCc1ccco1)C1CCN(Cc2cn3cc(Br)ccc3n2)CC1. The highest BCUT2D eigenvalue weighted by Crippen LogP contribution is 2.20. The summed E-state index contributed by atoms with van der Waals surface area (Å²) < 4.78 is 8.33. The van der Waals surface area contributed by atoms with Crippen LogP contribution in [-0.4, -0.2) is 33.3 Å². The molecule has 7 heteroatoms. The molecule has 4 heterocycles. The molecular weight excluding hydrogens is 396 g/mol. The zero-order valence-corrected chi connectivity index (χ0v) is 16.0. The molecule has 0 aromatic carbocycles. The maximum absolute atomic E-state index is 12.3. The van der Waals surface area contributed by atoms with Crippen molar-refractivity contribution in [2.45, 2.75) is 25.9 Å². The number of pyridine rings is 1. The lowest BCUT2D eigenvalue weighted by Crippen LogP contribution is -2.40. The molecule has 26 heavy (non-hydrogen) atoms. The fourth-order valence-electron chi connectivity index (χ4n) is 3.41. The number of carbonyl (C=O) groups is 1. The van der Waals surface area contributed by atoms with Crippen LogP contribution in [0.3, 0.4) is 0 Å². The highest BCUT2D eigenvalue weighted by molar-refractivity contribution is 9.10. The number of likely N-dealkylation sites (tertiary alicyclic amines) is 1. The molecule has 0 atom stereocenters. The Bertz CT molecular complexity index is 882. The van der Waals surface area contributed by atoms with Crippen LogP contribution in [-0.2, 0) is 17.9 Å². The fraction of sp³-hybridized carbons (Fsp3) is 0.368. The van der Waals surface area contributed by atoms with Gasteiger partial charge in [-0.2, -0.15) is 0 Å². The van der Waals surface area contributed by atoms with Gasteiger partial charge >= 0.3 is 0 Å². The lowest BCUT2D eigenvalue weighted by atomic mass is 9.96. The predicted octanol–water partition coefficient (Wildman–Crippen LogP) is 3.22. The van der Waals surface area contributed by atoms with Crippen LogP contribution in [0, 0.1) is 5.92 Å². The van der Waals surface area contributed by atoms with E-state index in [1.54, 1.807) is 6.26 Å². The van der Waals surface area contributed by atoms with Crippen LogP contribution < -0.4 is 5.32 Å². The second kappa shape index (κ2) is 7.63. The van der Waals surface area contributed by atoms with Crippen molar-refractivity contribution in [2.75, 3.05) is 13.1 Å². The zero-order valence-electron chi connectivity index (χ0n) is 14.4. The normalized spacial score (nSPS) is 16.2. The average Bonchev–Trinajstić information content (AvgIpc) is 3.29. The number of imidazole rings is 1. The van der Waals surface area contributed by atoms with E-state index in [2.05, 4.69) is 37.3 Å². The number of hydrogen-bond acceptors (Lipinski definition) is 4. The zero-order chi connectivity index (χ0) is 17.9.